The lowest BCUT2D eigenvalue weighted by molar-refractivity contribution is 0.324. The average molecular weight is 172 g/mol. The molecular formula is C10H24N2. The van der Waals surface area contributed by atoms with Gasteiger partial charge in [-0.3, -0.25) is 5.32 Å². The number of hydrogen-bond donors (Lipinski definition) is 2. The lowest BCUT2D eigenvalue weighted by Gasteiger charge is -2.26. The van der Waals surface area contributed by atoms with E-state index < -0.39 is 0 Å². The molecule has 1 saturated heterocycles. The van der Waals surface area contributed by atoms with Crippen molar-refractivity contribution in [1.82, 2.24) is 10.6 Å². The van der Waals surface area contributed by atoms with E-state index in [4.69, 9.17) is 0 Å². The smallest absolute Gasteiger partial charge is 0.0573 e. The van der Waals surface area contributed by atoms with E-state index in [1.165, 1.54) is 25.8 Å². The van der Waals surface area contributed by atoms with Gasteiger partial charge in [0, 0.05) is 6.04 Å². The molecule has 2 heteroatoms. The van der Waals surface area contributed by atoms with Crippen LogP contribution in [-0.2, 0) is 0 Å². The summed E-state index contributed by atoms with van der Waals surface area (Å²) in [4.78, 5) is 0. The van der Waals surface area contributed by atoms with E-state index in [9.17, 15) is 0 Å². The lowest BCUT2D eigenvalue weighted by Crippen LogP contribution is -2.47. The highest BCUT2D eigenvalue weighted by Crippen LogP contribution is 2.04. The second kappa shape index (κ2) is 7.56. The Kier molecular flexibility index (Phi) is 7.51. The van der Waals surface area contributed by atoms with Crippen molar-refractivity contribution >= 4 is 0 Å². The molecule has 1 fully saturated rings. The molecule has 1 rings (SSSR count). The Balaban J connectivity index is 0.000000561. The molecule has 0 aromatic rings. The molecule has 0 bridgehead atoms. The Morgan fingerprint density at radius 1 is 1.25 bits per heavy atom. The van der Waals surface area contributed by atoms with Crippen LogP contribution in [0.5, 0.6) is 0 Å². The summed E-state index contributed by atoms with van der Waals surface area (Å²) >= 11 is 0. The maximum absolute atomic E-state index is 3.47. The fraction of sp³-hybridized carbons (Fsp3) is 1.00. The summed E-state index contributed by atoms with van der Waals surface area (Å²) in [5.74, 6) is 0. The van der Waals surface area contributed by atoms with Crippen LogP contribution in [0.15, 0.2) is 0 Å². The number of nitrogens with one attached hydrogen (secondary N) is 2. The largest absolute Gasteiger partial charge is 0.302 e. The normalized spacial score (nSPS) is 23.2. The maximum atomic E-state index is 3.47. The lowest BCUT2D eigenvalue weighted by atomic mass is 10.1. The highest BCUT2D eigenvalue weighted by atomic mass is 15.1. The third-order valence-electron chi connectivity index (χ3n) is 1.84. The first-order valence-corrected chi connectivity index (χ1v) is 5.28. The molecule has 0 aromatic carbocycles. The van der Waals surface area contributed by atoms with Gasteiger partial charge < -0.3 is 5.32 Å². The third-order valence-corrected chi connectivity index (χ3v) is 1.84. The molecule has 74 valence electrons. The zero-order chi connectivity index (χ0) is 9.40. The molecule has 0 saturated carbocycles. The SMILES string of the molecule is CC.CC(C)NC1CCCCN1. The molecule has 1 unspecified atom stereocenters. The summed E-state index contributed by atoms with van der Waals surface area (Å²) in [6.45, 7) is 9.57. The quantitative estimate of drug-likeness (QED) is 0.666. The molecule has 0 amide bonds. The van der Waals surface area contributed by atoms with Crippen molar-refractivity contribution in [3.05, 3.63) is 0 Å². The first-order valence-electron chi connectivity index (χ1n) is 5.28. The minimum atomic E-state index is 0.578. The first-order chi connectivity index (χ1) is 5.79. The van der Waals surface area contributed by atoms with Crippen molar-refractivity contribution in [3.8, 4) is 0 Å². The molecule has 0 radical (unpaired) electrons. The van der Waals surface area contributed by atoms with E-state index in [1.807, 2.05) is 13.8 Å². The minimum Gasteiger partial charge on any atom is -0.302 e. The second-order valence-electron chi connectivity index (χ2n) is 3.32. The Bertz CT molecular complexity index is 85.8. The van der Waals surface area contributed by atoms with Crippen molar-refractivity contribution in [1.29, 1.82) is 0 Å². The molecule has 0 aromatic heterocycles. The molecule has 0 spiro atoms. The van der Waals surface area contributed by atoms with Gasteiger partial charge in [0.05, 0.1) is 6.17 Å². The molecule has 1 aliphatic rings. The fourth-order valence-corrected chi connectivity index (χ4v) is 1.40. The van der Waals surface area contributed by atoms with E-state index in [-0.39, 0.29) is 0 Å². The minimum absolute atomic E-state index is 0.578. The average Bonchev–Trinajstić information content (AvgIpc) is 2.08. The highest BCUT2D eigenvalue weighted by molar-refractivity contribution is 4.71. The van der Waals surface area contributed by atoms with Crippen LogP contribution in [0.4, 0.5) is 0 Å². The van der Waals surface area contributed by atoms with Gasteiger partial charge in [0.15, 0.2) is 0 Å². The molecule has 12 heavy (non-hydrogen) atoms. The van der Waals surface area contributed by atoms with E-state index in [2.05, 4.69) is 24.5 Å². The van der Waals surface area contributed by atoms with Gasteiger partial charge in [-0.25, -0.2) is 0 Å². The molecule has 1 heterocycles. The Morgan fingerprint density at radius 2 is 1.92 bits per heavy atom. The summed E-state index contributed by atoms with van der Waals surface area (Å²) in [6, 6.07) is 0.607. The van der Waals surface area contributed by atoms with Gasteiger partial charge in [0.25, 0.3) is 0 Å². The number of hydrogen-bond acceptors (Lipinski definition) is 2. The topological polar surface area (TPSA) is 24.1 Å². The second-order valence-corrected chi connectivity index (χ2v) is 3.32. The van der Waals surface area contributed by atoms with Crippen molar-refractivity contribution in [2.45, 2.75) is 59.2 Å². The Morgan fingerprint density at radius 3 is 2.33 bits per heavy atom. The van der Waals surface area contributed by atoms with Crippen LogP contribution in [-0.4, -0.2) is 18.8 Å². The predicted octanol–water partition coefficient (Wildman–Crippen LogP) is 2.11. The van der Waals surface area contributed by atoms with Gasteiger partial charge in [0.1, 0.15) is 0 Å². The zero-order valence-electron chi connectivity index (χ0n) is 8.98. The van der Waals surface area contributed by atoms with Crippen LogP contribution in [0.1, 0.15) is 47.0 Å². The maximum Gasteiger partial charge on any atom is 0.0573 e. The van der Waals surface area contributed by atoms with Crippen LogP contribution in [0, 0.1) is 0 Å². The monoisotopic (exact) mass is 172 g/mol. The van der Waals surface area contributed by atoms with Gasteiger partial charge in [0.2, 0.25) is 0 Å². The van der Waals surface area contributed by atoms with Crippen molar-refractivity contribution < 1.29 is 0 Å². The zero-order valence-corrected chi connectivity index (χ0v) is 8.98. The summed E-state index contributed by atoms with van der Waals surface area (Å²) in [6.07, 6.45) is 4.58. The van der Waals surface area contributed by atoms with Crippen molar-refractivity contribution in [2.24, 2.45) is 0 Å². The van der Waals surface area contributed by atoms with Crippen LogP contribution in [0.3, 0.4) is 0 Å². The van der Waals surface area contributed by atoms with Gasteiger partial charge in [-0.05, 0) is 39.7 Å². The van der Waals surface area contributed by atoms with Gasteiger partial charge in [-0.15, -0.1) is 0 Å². The fourth-order valence-electron chi connectivity index (χ4n) is 1.40. The molecule has 1 aliphatic heterocycles. The van der Waals surface area contributed by atoms with E-state index in [0.29, 0.717) is 12.2 Å². The molecule has 2 nitrogen and oxygen atoms in total. The number of rotatable bonds is 2. The van der Waals surface area contributed by atoms with E-state index in [0.717, 1.165) is 0 Å². The summed E-state index contributed by atoms with van der Waals surface area (Å²) in [7, 11) is 0. The van der Waals surface area contributed by atoms with Crippen molar-refractivity contribution in [3.63, 3.8) is 0 Å². The summed E-state index contributed by atoms with van der Waals surface area (Å²) in [5, 5.41) is 6.91. The van der Waals surface area contributed by atoms with E-state index >= 15 is 0 Å². The van der Waals surface area contributed by atoms with Crippen LogP contribution < -0.4 is 10.6 Å². The van der Waals surface area contributed by atoms with Crippen LogP contribution >= 0.6 is 0 Å². The standard InChI is InChI=1S/C8H18N2.C2H6/c1-7(2)10-8-5-3-4-6-9-8;1-2/h7-10H,3-6H2,1-2H3;1-2H3. The number of piperidine rings is 1. The Hall–Kier alpha value is -0.0800. The predicted molar refractivity (Wildman–Crippen MR) is 55.3 cm³/mol. The van der Waals surface area contributed by atoms with Crippen molar-refractivity contribution in [2.75, 3.05) is 6.54 Å². The summed E-state index contributed by atoms with van der Waals surface area (Å²) < 4.78 is 0. The van der Waals surface area contributed by atoms with Crippen LogP contribution in [0.25, 0.3) is 0 Å². The molecular weight excluding hydrogens is 148 g/mol. The van der Waals surface area contributed by atoms with Gasteiger partial charge in [-0.2, -0.15) is 0 Å². The highest BCUT2D eigenvalue weighted by Gasteiger charge is 2.11. The summed E-state index contributed by atoms with van der Waals surface area (Å²) in [5.41, 5.74) is 0. The Labute approximate surface area is 77.1 Å². The molecule has 0 aliphatic carbocycles. The van der Waals surface area contributed by atoms with Gasteiger partial charge in [-0.1, -0.05) is 13.8 Å². The van der Waals surface area contributed by atoms with Gasteiger partial charge >= 0.3 is 0 Å². The molecule has 2 N–H and O–H groups in total. The first kappa shape index (κ1) is 11.9. The van der Waals surface area contributed by atoms with Crippen LogP contribution in [0.2, 0.25) is 0 Å². The third kappa shape index (κ3) is 5.56. The molecule has 1 atom stereocenters. The van der Waals surface area contributed by atoms with E-state index in [1.54, 1.807) is 0 Å².